The molecule has 0 radical (unpaired) electrons. The fourth-order valence-electron chi connectivity index (χ4n) is 4.57. The lowest BCUT2D eigenvalue weighted by molar-refractivity contribution is -0.123. The van der Waals surface area contributed by atoms with Crippen LogP contribution in [0.2, 0.25) is 0 Å². The molecule has 0 saturated heterocycles. The van der Waals surface area contributed by atoms with Gasteiger partial charge in [0.2, 0.25) is 0 Å². The minimum atomic E-state index is -0.250. The van der Waals surface area contributed by atoms with Gasteiger partial charge >= 0.3 is 0 Å². The van der Waals surface area contributed by atoms with Crippen LogP contribution in [0.15, 0.2) is 12.4 Å². The Labute approximate surface area is 173 Å². The van der Waals surface area contributed by atoms with E-state index in [0.717, 1.165) is 49.4 Å². The molecule has 2 aliphatic carbocycles. The predicted molar refractivity (Wildman–Crippen MR) is 110 cm³/mol. The molecular formula is C20H36N4O5. The van der Waals surface area contributed by atoms with E-state index in [2.05, 4.69) is 46.7 Å². The van der Waals surface area contributed by atoms with Crippen LogP contribution in [0.25, 0.3) is 0 Å². The minimum absolute atomic E-state index is 0.250. The highest BCUT2D eigenvalue weighted by Crippen LogP contribution is 2.46. The number of hydrogen-bond donors (Lipinski definition) is 2. The minimum Gasteiger partial charge on any atom is -0.483 e. The lowest BCUT2D eigenvalue weighted by Gasteiger charge is -2.26. The molecule has 3 rings (SSSR count). The van der Waals surface area contributed by atoms with E-state index >= 15 is 0 Å². The summed E-state index contributed by atoms with van der Waals surface area (Å²) < 4.78 is 7.41. The van der Waals surface area contributed by atoms with E-state index in [4.69, 9.17) is 24.5 Å². The number of carboxylic acid groups (broad SMARTS) is 2. The molecule has 2 fully saturated rings. The number of fused-ring (bicyclic) bond motifs is 1. The van der Waals surface area contributed by atoms with Gasteiger partial charge < -0.3 is 24.4 Å². The van der Waals surface area contributed by atoms with Crippen molar-refractivity contribution in [2.45, 2.75) is 50.9 Å². The van der Waals surface area contributed by atoms with Gasteiger partial charge in [-0.15, -0.1) is 0 Å². The molecule has 9 nitrogen and oxygen atoms in total. The molecule has 9 heteroatoms. The van der Waals surface area contributed by atoms with Crippen molar-refractivity contribution in [3.63, 3.8) is 0 Å². The molecule has 29 heavy (non-hydrogen) atoms. The topological polar surface area (TPSA) is 108 Å². The Bertz CT molecular complexity index is 575. The molecule has 0 bridgehead atoms. The Morgan fingerprint density at radius 1 is 1.10 bits per heavy atom. The fraction of sp³-hybridized carbons (Fsp3) is 0.750. The molecule has 0 aromatic carbocycles. The number of rotatable bonds is 7. The van der Waals surface area contributed by atoms with Crippen molar-refractivity contribution in [3.8, 4) is 0 Å². The number of carbonyl (C=O) groups is 2. The summed E-state index contributed by atoms with van der Waals surface area (Å²) in [6, 6.07) is 1.53. The first kappa shape index (κ1) is 25.1. The maximum atomic E-state index is 8.36. The van der Waals surface area contributed by atoms with Gasteiger partial charge in [0.05, 0.1) is 13.2 Å². The van der Waals surface area contributed by atoms with Crippen LogP contribution in [0.1, 0.15) is 31.5 Å². The summed E-state index contributed by atoms with van der Waals surface area (Å²) in [7, 11) is 8.48. The highest BCUT2D eigenvalue weighted by atomic mass is 16.5. The van der Waals surface area contributed by atoms with Crippen molar-refractivity contribution >= 4 is 12.9 Å². The third-order valence-corrected chi connectivity index (χ3v) is 6.05. The van der Waals surface area contributed by atoms with Gasteiger partial charge in [0.1, 0.15) is 5.82 Å². The lowest BCUT2D eigenvalue weighted by Crippen LogP contribution is -2.32. The highest BCUT2D eigenvalue weighted by Gasteiger charge is 2.43. The van der Waals surface area contributed by atoms with Gasteiger partial charge in [-0.1, -0.05) is 0 Å². The molecule has 0 aliphatic heterocycles. The van der Waals surface area contributed by atoms with Crippen LogP contribution in [0, 0.1) is 11.8 Å². The zero-order valence-electron chi connectivity index (χ0n) is 18.0. The van der Waals surface area contributed by atoms with Gasteiger partial charge in [-0.2, -0.15) is 0 Å². The van der Waals surface area contributed by atoms with E-state index in [1.165, 1.54) is 25.7 Å². The SMILES string of the molecule is COCCn1ccnc1CN(C)C1C[C@H]2CC(N(C)C)C[C@H]2C1.O=CO.O=CO. The normalized spacial score (nSPS) is 25.0. The molecule has 1 heterocycles. The maximum absolute atomic E-state index is 8.36. The number of hydrogen-bond acceptors (Lipinski definition) is 6. The van der Waals surface area contributed by atoms with Crippen LogP contribution in [0.5, 0.6) is 0 Å². The monoisotopic (exact) mass is 412 g/mol. The van der Waals surface area contributed by atoms with Gasteiger partial charge in [0.25, 0.3) is 12.9 Å². The number of aromatic nitrogens is 2. The van der Waals surface area contributed by atoms with Crippen molar-refractivity contribution in [3.05, 3.63) is 18.2 Å². The number of nitrogens with zero attached hydrogens (tertiary/aromatic N) is 4. The number of imidazole rings is 1. The molecule has 2 saturated carbocycles. The molecule has 0 amide bonds. The zero-order chi connectivity index (χ0) is 21.8. The summed E-state index contributed by atoms with van der Waals surface area (Å²) in [5.41, 5.74) is 0. The smallest absolute Gasteiger partial charge is 0.290 e. The van der Waals surface area contributed by atoms with Crippen molar-refractivity contribution in [2.24, 2.45) is 11.8 Å². The first-order valence-electron chi connectivity index (χ1n) is 9.93. The van der Waals surface area contributed by atoms with Crippen LogP contribution in [0.4, 0.5) is 0 Å². The molecule has 2 unspecified atom stereocenters. The fourth-order valence-corrected chi connectivity index (χ4v) is 4.57. The Kier molecular flexibility index (Phi) is 11.5. The van der Waals surface area contributed by atoms with Crippen LogP contribution in [-0.2, 0) is 27.4 Å². The quantitative estimate of drug-likeness (QED) is 0.649. The summed E-state index contributed by atoms with van der Waals surface area (Å²) in [5.74, 6) is 3.03. The van der Waals surface area contributed by atoms with Crippen molar-refractivity contribution < 1.29 is 24.5 Å². The van der Waals surface area contributed by atoms with Crippen LogP contribution < -0.4 is 0 Å². The van der Waals surface area contributed by atoms with E-state index in [-0.39, 0.29) is 12.9 Å². The summed E-state index contributed by atoms with van der Waals surface area (Å²) in [5, 5.41) is 13.8. The van der Waals surface area contributed by atoms with E-state index in [1.807, 2.05) is 6.20 Å². The van der Waals surface area contributed by atoms with E-state index < -0.39 is 0 Å². The molecular weight excluding hydrogens is 376 g/mol. The van der Waals surface area contributed by atoms with Crippen LogP contribution >= 0.6 is 0 Å². The third kappa shape index (κ3) is 7.75. The first-order chi connectivity index (χ1) is 13.9. The second-order valence-electron chi connectivity index (χ2n) is 7.89. The summed E-state index contributed by atoms with van der Waals surface area (Å²) >= 11 is 0. The van der Waals surface area contributed by atoms with Crippen molar-refractivity contribution in [1.29, 1.82) is 0 Å². The van der Waals surface area contributed by atoms with Crippen molar-refractivity contribution in [1.82, 2.24) is 19.4 Å². The average Bonchev–Trinajstić information content (AvgIpc) is 3.35. The Morgan fingerprint density at radius 2 is 1.62 bits per heavy atom. The van der Waals surface area contributed by atoms with Gasteiger partial charge in [0, 0.05) is 38.1 Å². The zero-order valence-corrected chi connectivity index (χ0v) is 18.0. The third-order valence-electron chi connectivity index (χ3n) is 6.05. The Morgan fingerprint density at radius 3 is 2.10 bits per heavy atom. The summed E-state index contributed by atoms with van der Waals surface area (Å²) in [6.45, 7) is 2.07. The van der Waals surface area contributed by atoms with Gasteiger partial charge in [0.15, 0.2) is 0 Å². The molecule has 166 valence electrons. The number of methoxy groups -OCH3 is 1. The average molecular weight is 413 g/mol. The molecule has 2 N–H and O–H groups in total. The molecule has 1 aromatic heterocycles. The molecule has 0 spiro atoms. The first-order valence-corrected chi connectivity index (χ1v) is 9.93. The summed E-state index contributed by atoms with van der Waals surface area (Å²) in [4.78, 5) is 26.2. The second kappa shape index (κ2) is 13.3. The van der Waals surface area contributed by atoms with E-state index in [1.54, 1.807) is 7.11 Å². The van der Waals surface area contributed by atoms with Gasteiger partial charge in [-0.3, -0.25) is 14.5 Å². The maximum Gasteiger partial charge on any atom is 0.290 e. The summed E-state index contributed by atoms with van der Waals surface area (Å²) in [6.07, 6.45) is 9.49. The Balaban J connectivity index is 0.000000626. The van der Waals surface area contributed by atoms with E-state index in [0.29, 0.717) is 0 Å². The number of ether oxygens (including phenoxy) is 1. The van der Waals surface area contributed by atoms with Gasteiger partial charge in [-0.25, -0.2) is 4.98 Å². The lowest BCUT2D eigenvalue weighted by atomic mass is 10.0. The van der Waals surface area contributed by atoms with Crippen molar-refractivity contribution in [2.75, 3.05) is 34.9 Å². The predicted octanol–water partition coefficient (Wildman–Crippen LogP) is 1.48. The highest BCUT2D eigenvalue weighted by molar-refractivity contribution is 5.33. The van der Waals surface area contributed by atoms with Crippen LogP contribution in [-0.4, -0.2) is 89.5 Å². The largest absolute Gasteiger partial charge is 0.483 e. The van der Waals surface area contributed by atoms with Crippen LogP contribution in [0.3, 0.4) is 0 Å². The molecule has 2 aliphatic rings. The second-order valence-corrected chi connectivity index (χ2v) is 7.89. The Hall–Kier alpha value is -1.97. The van der Waals surface area contributed by atoms with Gasteiger partial charge in [-0.05, 0) is 58.7 Å². The standard InChI is InChI=1S/C18H32N4O.2CH2O2/c1-20(2)16-9-14-11-17(12-15(14)10-16)21(3)13-18-19-5-6-22(18)7-8-23-4;2*2-1-3/h5-6,14-17H,7-13H2,1-4H3;2*1H,(H,2,3)/t14-,15+,16?,17?;;. The molecule has 1 aromatic rings. The molecule has 4 atom stereocenters. The van der Waals surface area contributed by atoms with E-state index in [9.17, 15) is 0 Å².